The maximum Gasteiger partial charge on any atom is 0.207 e. The van der Waals surface area contributed by atoms with Crippen molar-refractivity contribution in [2.75, 3.05) is 13.6 Å². The largest absolute Gasteiger partial charge is 0.353 e. The molecule has 1 amide bonds. The number of hydrogen-bond acceptors (Lipinski definition) is 2. The molecule has 17 heavy (non-hydrogen) atoms. The molecule has 0 aromatic heterocycles. The summed E-state index contributed by atoms with van der Waals surface area (Å²) >= 11 is 0. The second-order valence-electron chi connectivity index (χ2n) is 4.73. The van der Waals surface area contributed by atoms with E-state index in [9.17, 15) is 4.79 Å². The van der Waals surface area contributed by atoms with Crippen molar-refractivity contribution in [3.05, 3.63) is 35.9 Å². The van der Waals surface area contributed by atoms with Crippen LogP contribution in [0, 0.1) is 42.9 Å². The van der Waals surface area contributed by atoms with Gasteiger partial charge in [0.05, 0.1) is 0 Å². The zero-order valence-corrected chi connectivity index (χ0v) is 12.2. The summed E-state index contributed by atoms with van der Waals surface area (Å²) in [5, 5.41) is 2.81. The standard InChI is InChI=1S/C13H19N2O.Tm/c1-13(2,14-11-16)10-15(3)9-12-7-5-4-6-8-12;/h5-8,11H,9-10H2,1-3H3,(H,14,16);/q-1;. The van der Waals surface area contributed by atoms with Crippen molar-refractivity contribution in [2.45, 2.75) is 25.9 Å². The van der Waals surface area contributed by atoms with E-state index in [-0.39, 0.29) is 42.4 Å². The zero-order chi connectivity index (χ0) is 12.0. The summed E-state index contributed by atoms with van der Waals surface area (Å²) in [6.45, 7) is 5.70. The van der Waals surface area contributed by atoms with Crippen LogP contribution in [0.15, 0.2) is 24.3 Å². The predicted molar refractivity (Wildman–Crippen MR) is 64.9 cm³/mol. The third-order valence-electron chi connectivity index (χ3n) is 2.35. The monoisotopic (exact) mass is 388 g/mol. The molecule has 0 aliphatic carbocycles. The van der Waals surface area contributed by atoms with Gasteiger partial charge in [0.1, 0.15) is 0 Å². The molecule has 1 rings (SSSR count). The number of hydrogen-bond donors (Lipinski definition) is 1. The number of carbonyl (C=O) groups excluding carboxylic acids is 1. The van der Waals surface area contributed by atoms with Gasteiger partial charge in [-0.15, -0.1) is 5.56 Å². The summed E-state index contributed by atoms with van der Waals surface area (Å²) < 4.78 is 0. The molecule has 0 saturated carbocycles. The van der Waals surface area contributed by atoms with E-state index >= 15 is 0 Å². The van der Waals surface area contributed by atoms with Crippen LogP contribution in [0.4, 0.5) is 0 Å². The third-order valence-corrected chi connectivity index (χ3v) is 2.35. The van der Waals surface area contributed by atoms with E-state index in [1.54, 1.807) is 0 Å². The van der Waals surface area contributed by atoms with Crippen molar-refractivity contribution in [1.29, 1.82) is 0 Å². The Kier molecular flexibility index (Phi) is 8.01. The Hall–Kier alpha value is -0.116. The number of amides is 1. The number of carbonyl (C=O) groups is 1. The molecule has 0 fully saturated rings. The van der Waals surface area contributed by atoms with Gasteiger partial charge >= 0.3 is 0 Å². The van der Waals surface area contributed by atoms with E-state index in [1.807, 2.05) is 33.0 Å². The normalized spacial score (nSPS) is 10.8. The van der Waals surface area contributed by atoms with Gasteiger partial charge in [0.15, 0.2) is 0 Å². The number of benzene rings is 1. The minimum Gasteiger partial charge on any atom is -0.353 e. The topological polar surface area (TPSA) is 32.3 Å². The van der Waals surface area contributed by atoms with Gasteiger partial charge in [0.25, 0.3) is 0 Å². The molecule has 1 N–H and O–H groups in total. The Morgan fingerprint density at radius 3 is 2.53 bits per heavy atom. The molecule has 0 bridgehead atoms. The van der Waals surface area contributed by atoms with Crippen molar-refractivity contribution in [1.82, 2.24) is 10.2 Å². The van der Waals surface area contributed by atoms with Crippen LogP contribution < -0.4 is 5.32 Å². The van der Waals surface area contributed by atoms with Gasteiger partial charge in [-0.05, 0) is 20.9 Å². The first-order chi connectivity index (χ1) is 7.53. The average molecular weight is 388 g/mol. The van der Waals surface area contributed by atoms with E-state index < -0.39 is 0 Å². The van der Waals surface area contributed by atoms with Crippen LogP contribution in [0.2, 0.25) is 0 Å². The Morgan fingerprint density at radius 1 is 1.41 bits per heavy atom. The molecule has 0 atom stereocenters. The molecule has 0 aliphatic rings. The summed E-state index contributed by atoms with van der Waals surface area (Å²) in [6.07, 6.45) is 0.755. The molecule has 0 spiro atoms. The first-order valence-electron chi connectivity index (χ1n) is 5.38. The van der Waals surface area contributed by atoms with Crippen LogP contribution in [-0.4, -0.2) is 30.4 Å². The van der Waals surface area contributed by atoms with Crippen molar-refractivity contribution < 1.29 is 41.7 Å². The maximum atomic E-state index is 10.4. The predicted octanol–water partition coefficient (Wildman–Crippen LogP) is 1.44. The molecule has 0 aliphatic heterocycles. The summed E-state index contributed by atoms with van der Waals surface area (Å²) in [7, 11) is 2.05. The molecule has 0 saturated heterocycles. The van der Waals surface area contributed by atoms with Gasteiger partial charge in [0.2, 0.25) is 6.41 Å². The Bertz CT molecular complexity index is 327. The fraction of sp³-hybridized carbons (Fsp3) is 0.462. The summed E-state index contributed by atoms with van der Waals surface area (Å²) in [5.41, 5.74) is 1.06. The van der Waals surface area contributed by atoms with Crippen molar-refractivity contribution >= 4 is 6.41 Å². The van der Waals surface area contributed by atoms with Gasteiger partial charge in [-0.25, -0.2) is 0 Å². The summed E-state index contributed by atoms with van der Waals surface area (Å²) in [5.74, 6) is 0. The fourth-order valence-electron chi connectivity index (χ4n) is 1.77. The van der Waals surface area contributed by atoms with Crippen LogP contribution in [-0.2, 0) is 11.3 Å². The molecule has 0 heterocycles. The second-order valence-corrected chi connectivity index (χ2v) is 4.73. The average Bonchev–Trinajstić information content (AvgIpc) is 2.17. The first-order valence-corrected chi connectivity index (χ1v) is 5.38. The van der Waals surface area contributed by atoms with Crippen molar-refractivity contribution in [3.8, 4) is 0 Å². The molecule has 1 aromatic carbocycles. The van der Waals surface area contributed by atoms with Crippen LogP contribution in [0.5, 0.6) is 0 Å². The number of nitrogens with one attached hydrogen (secondary N) is 1. The van der Waals surface area contributed by atoms with Gasteiger partial charge in [-0.3, -0.25) is 4.79 Å². The Balaban J connectivity index is 0.00000256. The second kappa shape index (κ2) is 8.07. The molecular weight excluding hydrogens is 369 g/mol. The first kappa shape index (κ1) is 16.9. The Morgan fingerprint density at radius 2 is 2.00 bits per heavy atom. The molecule has 4 heteroatoms. The van der Waals surface area contributed by atoms with E-state index in [4.69, 9.17) is 0 Å². The zero-order valence-electron chi connectivity index (χ0n) is 10.4. The third kappa shape index (κ3) is 7.02. The summed E-state index contributed by atoms with van der Waals surface area (Å²) in [6, 6.07) is 10.9. The van der Waals surface area contributed by atoms with Gasteiger partial charge < -0.3 is 10.2 Å². The molecule has 3 nitrogen and oxygen atoms in total. The van der Waals surface area contributed by atoms with E-state index in [0.717, 1.165) is 19.5 Å². The van der Waals surface area contributed by atoms with Crippen LogP contribution >= 0.6 is 0 Å². The molecular formula is C13H19N2OTm-. The number of nitrogens with zero attached hydrogens (tertiary/aromatic N) is 1. The van der Waals surface area contributed by atoms with E-state index in [0.29, 0.717) is 0 Å². The maximum absolute atomic E-state index is 10.4. The Labute approximate surface area is 133 Å². The van der Waals surface area contributed by atoms with Gasteiger partial charge in [-0.2, -0.15) is 30.3 Å². The van der Waals surface area contributed by atoms with Gasteiger partial charge in [-0.1, -0.05) is 0 Å². The minimum atomic E-state index is -0.197. The van der Waals surface area contributed by atoms with E-state index in [1.165, 1.54) is 5.56 Å². The van der Waals surface area contributed by atoms with Gasteiger partial charge in [0, 0.05) is 55.5 Å². The SMILES string of the molecule is CN(Cc1cc[c-]cc1)CC(C)(C)NC=O.[Tm]. The van der Waals surface area contributed by atoms with E-state index in [2.05, 4.69) is 28.4 Å². The van der Waals surface area contributed by atoms with Crippen LogP contribution in [0.1, 0.15) is 19.4 Å². The molecule has 1 aromatic rings. The fourth-order valence-corrected chi connectivity index (χ4v) is 1.77. The number of rotatable bonds is 6. The van der Waals surface area contributed by atoms with Crippen molar-refractivity contribution in [3.63, 3.8) is 0 Å². The minimum absolute atomic E-state index is 0. The number of likely N-dealkylation sites (N-methyl/N-ethyl adjacent to an activating group) is 1. The molecule has 0 unspecified atom stereocenters. The van der Waals surface area contributed by atoms with Crippen molar-refractivity contribution in [2.24, 2.45) is 0 Å². The van der Waals surface area contributed by atoms with Crippen LogP contribution in [0.25, 0.3) is 0 Å². The molecule has 101 valence electrons. The quantitative estimate of drug-likeness (QED) is 0.591. The summed E-state index contributed by atoms with van der Waals surface area (Å²) in [4.78, 5) is 12.6. The molecule has 1 radical (unpaired) electrons. The van der Waals surface area contributed by atoms with Crippen LogP contribution in [0.3, 0.4) is 0 Å². The smallest absolute Gasteiger partial charge is 0.207 e.